The van der Waals surface area contributed by atoms with Gasteiger partial charge in [0.25, 0.3) is 0 Å². The molecule has 4 aromatic rings. The van der Waals surface area contributed by atoms with Crippen molar-refractivity contribution in [1.82, 2.24) is 0 Å². The number of rotatable bonds is 2. The van der Waals surface area contributed by atoms with Crippen molar-refractivity contribution < 1.29 is 9.47 Å². The standard InChI is InChI=1S/C25H18N2O2/c1-27-19-13-15-20-22-18(26-24(28-20)16-8-4-2-5-9-16)12-14-21(23(19)22)29-25(27)17-10-6-3-7-11-17/h2-15,25H,1H3. The van der Waals surface area contributed by atoms with Crippen LogP contribution in [0.2, 0.25) is 0 Å². The van der Waals surface area contributed by atoms with E-state index >= 15 is 0 Å². The second-order valence-electron chi connectivity index (χ2n) is 7.29. The van der Waals surface area contributed by atoms with Crippen molar-refractivity contribution in [1.29, 1.82) is 0 Å². The van der Waals surface area contributed by atoms with Crippen LogP contribution >= 0.6 is 0 Å². The number of benzene rings is 4. The van der Waals surface area contributed by atoms with Crippen LogP contribution in [0.4, 0.5) is 11.4 Å². The van der Waals surface area contributed by atoms with Gasteiger partial charge in [0, 0.05) is 18.2 Å². The van der Waals surface area contributed by atoms with E-state index in [0.717, 1.165) is 44.8 Å². The second-order valence-corrected chi connectivity index (χ2v) is 7.29. The first-order chi connectivity index (χ1) is 14.3. The lowest BCUT2D eigenvalue weighted by atomic mass is 10.0. The van der Waals surface area contributed by atoms with Crippen LogP contribution in [0.1, 0.15) is 17.4 Å². The zero-order valence-corrected chi connectivity index (χ0v) is 15.9. The Morgan fingerprint density at radius 1 is 0.759 bits per heavy atom. The largest absolute Gasteiger partial charge is 0.466 e. The zero-order chi connectivity index (χ0) is 19.4. The van der Waals surface area contributed by atoms with Crippen molar-refractivity contribution in [3.8, 4) is 11.5 Å². The fourth-order valence-corrected chi connectivity index (χ4v) is 4.14. The van der Waals surface area contributed by atoms with Crippen LogP contribution in [0.3, 0.4) is 0 Å². The maximum atomic E-state index is 6.41. The third-order valence-corrected chi connectivity index (χ3v) is 5.54. The smallest absolute Gasteiger partial charge is 0.227 e. The van der Waals surface area contributed by atoms with Gasteiger partial charge in [0.05, 0.1) is 22.1 Å². The van der Waals surface area contributed by atoms with Gasteiger partial charge in [-0.05, 0) is 36.4 Å². The summed E-state index contributed by atoms with van der Waals surface area (Å²) in [6, 6.07) is 28.4. The Hall–Kier alpha value is -3.79. The summed E-state index contributed by atoms with van der Waals surface area (Å²) in [5.74, 6) is 2.28. The van der Waals surface area contributed by atoms with Gasteiger partial charge in [-0.1, -0.05) is 48.5 Å². The molecule has 0 spiro atoms. The Morgan fingerprint density at radius 2 is 1.48 bits per heavy atom. The van der Waals surface area contributed by atoms with E-state index in [0.29, 0.717) is 5.90 Å². The first kappa shape index (κ1) is 16.2. The summed E-state index contributed by atoms with van der Waals surface area (Å²) in [4.78, 5) is 6.97. The van der Waals surface area contributed by atoms with Crippen LogP contribution < -0.4 is 14.4 Å². The van der Waals surface area contributed by atoms with Crippen LogP contribution in [-0.2, 0) is 0 Å². The summed E-state index contributed by atoms with van der Waals surface area (Å²) in [6.07, 6.45) is -0.171. The predicted octanol–water partition coefficient (Wildman–Crippen LogP) is 5.84. The predicted molar refractivity (Wildman–Crippen MR) is 115 cm³/mol. The van der Waals surface area contributed by atoms with E-state index in [4.69, 9.17) is 14.5 Å². The molecule has 0 bridgehead atoms. The molecule has 140 valence electrons. The third-order valence-electron chi connectivity index (χ3n) is 5.54. The number of hydrogen-bond donors (Lipinski definition) is 0. The third kappa shape index (κ3) is 2.42. The maximum Gasteiger partial charge on any atom is 0.227 e. The van der Waals surface area contributed by atoms with Crippen molar-refractivity contribution in [3.05, 3.63) is 96.1 Å². The zero-order valence-electron chi connectivity index (χ0n) is 15.9. The number of hydrogen-bond acceptors (Lipinski definition) is 4. The van der Waals surface area contributed by atoms with Crippen LogP contribution in [0.25, 0.3) is 10.8 Å². The van der Waals surface area contributed by atoms with Gasteiger partial charge >= 0.3 is 0 Å². The molecule has 2 aliphatic heterocycles. The monoisotopic (exact) mass is 378 g/mol. The molecule has 0 fully saturated rings. The molecule has 2 aliphatic rings. The van der Waals surface area contributed by atoms with Crippen LogP contribution in [-0.4, -0.2) is 12.9 Å². The minimum atomic E-state index is -0.171. The average molecular weight is 378 g/mol. The molecule has 4 aromatic carbocycles. The normalized spacial score (nSPS) is 16.8. The minimum absolute atomic E-state index is 0.171. The molecule has 0 radical (unpaired) electrons. The highest BCUT2D eigenvalue weighted by molar-refractivity contribution is 6.13. The van der Waals surface area contributed by atoms with Gasteiger partial charge in [-0.15, -0.1) is 0 Å². The van der Waals surface area contributed by atoms with E-state index in [9.17, 15) is 0 Å². The van der Waals surface area contributed by atoms with Gasteiger partial charge in [-0.3, -0.25) is 0 Å². The Bertz CT molecular complexity index is 1270. The number of anilines is 1. The number of aliphatic imine (C=N–C) groups is 1. The van der Waals surface area contributed by atoms with Gasteiger partial charge in [0.1, 0.15) is 11.5 Å². The molecule has 4 nitrogen and oxygen atoms in total. The van der Waals surface area contributed by atoms with Crippen molar-refractivity contribution >= 4 is 28.0 Å². The molecule has 1 atom stereocenters. The molecule has 0 N–H and O–H groups in total. The van der Waals surface area contributed by atoms with E-state index in [1.54, 1.807) is 0 Å². The summed E-state index contributed by atoms with van der Waals surface area (Å²) in [6.45, 7) is 0. The van der Waals surface area contributed by atoms with Gasteiger partial charge in [0.15, 0.2) is 6.23 Å². The lowest BCUT2D eigenvalue weighted by Gasteiger charge is -2.37. The van der Waals surface area contributed by atoms with Crippen molar-refractivity contribution in [2.24, 2.45) is 4.99 Å². The lowest BCUT2D eigenvalue weighted by Crippen LogP contribution is -2.31. The molecular weight excluding hydrogens is 360 g/mol. The highest BCUT2D eigenvalue weighted by Gasteiger charge is 2.31. The Morgan fingerprint density at radius 3 is 2.28 bits per heavy atom. The van der Waals surface area contributed by atoms with Crippen molar-refractivity contribution in [2.45, 2.75) is 6.23 Å². The molecule has 0 saturated heterocycles. The topological polar surface area (TPSA) is 34.1 Å². The molecule has 0 amide bonds. The summed E-state index contributed by atoms with van der Waals surface area (Å²) in [7, 11) is 2.06. The minimum Gasteiger partial charge on any atom is -0.466 e. The van der Waals surface area contributed by atoms with Crippen molar-refractivity contribution in [2.75, 3.05) is 11.9 Å². The fourth-order valence-electron chi connectivity index (χ4n) is 4.14. The van der Waals surface area contributed by atoms with E-state index < -0.39 is 0 Å². The van der Waals surface area contributed by atoms with Crippen molar-refractivity contribution in [3.63, 3.8) is 0 Å². The van der Waals surface area contributed by atoms with E-state index in [2.05, 4.69) is 30.1 Å². The Kier molecular flexibility index (Phi) is 3.41. The van der Waals surface area contributed by atoms with Gasteiger partial charge in [-0.2, -0.15) is 0 Å². The maximum absolute atomic E-state index is 6.41. The molecule has 0 aromatic heterocycles. The van der Waals surface area contributed by atoms with Gasteiger partial charge < -0.3 is 14.4 Å². The van der Waals surface area contributed by atoms with E-state index in [-0.39, 0.29) is 6.23 Å². The quantitative estimate of drug-likeness (QED) is 0.440. The molecule has 29 heavy (non-hydrogen) atoms. The molecular formula is C25H18N2O2. The highest BCUT2D eigenvalue weighted by Crippen LogP contribution is 2.50. The lowest BCUT2D eigenvalue weighted by molar-refractivity contribution is 0.203. The molecule has 4 heteroatoms. The van der Waals surface area contributed by atoms with Gasteiger partial charge in [0.2, 0.25) is 5.90 Å². The molecule has 0 aliphatic carbocycles. The van der Waals surface area contributed by atoms with Crippen LogP contribution in [0, 0.1) is 0 Å². The molecule has 2 heterocycles. The molecule has 1 unspecified atom stereocenters. The number of nitrogens with zero attached hydrogens (tertiary/aromatic N) is 2. The number of ether oxygens (including phenoxy) is 2. The summed E-state index contributed by atoms with van der Waals surface area (Å²) in [5.41, 5.74) is 4.10. The highest BCUT2D eigenvalue weighted by atomic mass is 16.5. The first-order valence-corrected chi connectivity index (χ1v) is 9.66. The molecule has 0 saturated carbocycles. The summed E-state index contributed by atoms with van der Waals surface area (Å²) < 4.78 is 12.6. The SMILES string of the molecule is CN1c2ccc3c4c(ccc(c24)OC1c1ccccc1)N=C(c1ccccc1)O3. The van der Waals surface area contributed by atoms with Crippen LogP contribution in [0.5, 0.6) is 11.5 Å². The first-order valence-electron chi connectivity index (χ1n) is 9.66. The Balaban J connectivity index is 1.52. The average Bonchev–Trinajstić information content (AvgIpc) is 2.79. The van der Waals surface area contributed by atoms with Crippen LogP contribution in [0.15, 0.2) is 89.9 Å². The van der Waals surface area contributed by atoms with E-state index in [1.165, 1.54) is 0 Å². The molecule has 6 rings (SSSR count). The fraction of sp³-hybridized carbons (Fsp3) is 0.0800. The Labute approximate surface area is 168 Å². The summed E-state index contributed by atoms with van der Waals surface area (Å²) >= 11 is 0. The second kappa shape index (κ2) is 6.11. The summed E-state index contributed by atoms with van der Waals surface area (Å²) in [5, 5.41) is 2.04. The van der Waals surface area contributed by atoms with E-state index in [1.807, 2.05) is 66.7 Å². The van der Waals surface area contributed by atoms with Gasteiger partial charge in [-0.25, -0.2) is 4.99 Å².